The van der Waals surface area contributed by atoms with Gasteiger partial charge in [0.25, 0.3) is 0 Å². The van der Waals surface area contributed by atoms with Crippen LogP contribution in [0.15, 0.2) is 118 Å². The Balaban J connectivity index is 0.00000384. The average Bonchev–Trinajstić information content (AvgIpc) is 2.97. The number of hydrogen-bond donors (Lipinski definition) is 3. The molecular formula is C24H16N7Na3O11S3. The van der Waals surface area contributed by atoms with E-state index in [-0.39, 0.29) is 106 Å². The normalized spacial score (nSPS) is 12.5. The molecule has 0 radical (unpaired) electrons. The van der Waals surface area contributed by atoms with Gasteiger partial charge in [-0.3, -0.25) is 20.4 Å². The van der Waals surface area contributed by atoms with Crippen molar-refractivity contribution < 1.29 is 128 Å². The number of nitrogens with zero attached hydrogens (tertiary/aromatic N) is 4. The van der Waals surface area contributed by atoms with Crippen LogP contribution in [0.25, 0.3) is 0 Å². The zero-order valence-corrected chi connectivity index (χ0v) is 33.5. The number of rotatable bonds is 9. The molecule has 0 spiro atoms. The Labute approximate surface area is 338 Å². The molecule has 0 unspecified atom stereocenters. The van der Waals surface area contributed by atoms with E-state index in [0.717, 1.165) is 72.8 Å². The molecule has 0 aliphatic rings. The molecule has 0 fully saturated rings. The molecule has 0 aliphatic carbocycles. The minimum atomic E-state index is -4.75. The molecule has 0 amide bonds. The third-order valence-corrected chi connectivity index (χ3v) is 8.19. The molecule has 48 heavy (non-hydrogen) atoms. The molecule has 0 saturated carbocycles. The number of nitrogen functional groups attached to an aromatic ring is 1. The quantitative estimate of drug-likeness (QED) is 0.0472. The zero-order chi connectivity index (χ0) is 33.2. The van der Waals surface area contributed by atoms with Gasteiger partial charge in [-0.05, 0) is 72.8 Å². The Kier molecular flexibility index (Phi) is 16.1. The summed E-state index contributed by atoms with van der Waals surface area (Å²) in [5.41, 5.74) is 7.39. The Morgan fingerprint density at radius 2 is 0.875 bits per heavy atom. The van der Waals surface area contributed by atoms with Gasteiger partial charge >= 0.3 is 88.7 Å². The van der Waals surface area contributed by atoms with Crippen LogP contribution in [-0.2, 0) is 30.4 Å². The molecule has 0 saturated heterocycles. The van der Waals surface area contributed by atoms with Gasteiger partial charge in [0.05, 0.1) is 31.7 Å². The molecule has 4 aromatic rings. The fraction of sp³-hybridized carbons (Fsp3) is 0. The van der Waals surface area contributed by atoms with Crippen molar-refractivity contribution in [3.8, 4) is 0 Å². The van der Waals surface area contributed by atoms with Gasteiger partial charge in [-0.1, -0.05) is 0 Å². The minimum absolute atomic E-state index is 0. The van der Waals surface area contributed by atoms with E-state index in [1.54, 1.807) is 0 Å². The Bertz CT molecular complexity index is 2390. The Morgan fingerprint density at radius 1 is 0.521 bits per heavy atom. The summed E-state index contributed by atoms with van der Waals surface area (Å²) in [4.78, 5) is 24.7. The maximum absolute atomic E-state index is 13.4. The topological polar surface area (TPSA) is 305 Å². The molecule has 0 heterocycles. The van der Waals surface area contributed by atoms with Crippen LogP contribution in [0.4, 0.5) is 28.4 Å². The number of nitrogens with two attached hydrogens (primary N) is 1. The predicted molar refractivity (Wildman–Crippen MR) is 152 cm³/mol. The van der Waals surface area contributed by atoms with Crippen molar-refractivity contribution >= 4 is 58.8 Å². The zero-order valence-electron chi connectivity index (χ0n) is 25.0. The van der Waals surface area contributed by atoms with Crippen LogP contribution in [0, 0.1) is 0 Å². The van der Waals surface area contributed by atoms with Gasteiger partial charge < -0.3 is 19.4 Å². The fourth-order valence-electron chi connectivity index (χ4n) is 3.41. The second-order valence-corrected chi connectivity index (χ2v) is 12.8. The van der Waals surface area contributed by atoms with Gasteiger partial charge in [0, 0.05) is 0 Å². The molecule has 0 aromatic heterocycles. The Morgan fingerprint density at radius 3 is 1.25 bits per heavy atom. The van der Waals surface area contributed by atoms with E-state index in [4.69, 9.17) is 5.73 Å². The van der Waals surface area contributed by atoms with Crippen LogP contribution in [0.1, 0.15) is 0 Å². The Hall–Kier alpha value is -2.19. The van der Waals surface area contributed by atoms with Crippen LogP contribution in [0.5, 0.6) is 0 Å². The van der Waals surface area contributed by atoms with Gasteiger partial charge in [0.15, 0.2) is 10.7 Å². The summed E-state index contributed by atoms with van der Waals surface area (Å²) >= 11 is 0. The summed E-state index contributed by atoms with van der Waals surface area (Å²) in [5, 5.41) is 13.9. The van der Waals surface area contributed by atoms with Crippen molar-refractivity contribution in [1.82, 2.24) is 0 Å². The standard InChI is InChI=1S/C24H19N7O11S3.3Na/c25-19-20(29-26-13-1-7-16(8-2-13)43(34,35)36)21(30-27-14-3-9-17(10-4-14)44(37,38)39)24(33)22(23(19)32)31-28-15-5-11-18(12-6-15)45(40,41)42;;;/h1-12,27-28H,25H2,(H,34,35,36)(H,37,38,39)(H,40,41,42);;;/q;3*+1/p-3/b29-26?,30-21-,31-22-;;;. The summed E-state index contributed by atoms with van der Waals surface area (Å²) < 4.78 is 100. The summed E-state index contributed by atoms with van der Waals surface area (Å²) in [6.07, 6.45) is 0. The molecule has 4 aromatic carbocycles. The first-order chi connectivity index (χ1) is 20.9. The minimum Gasteiger partial charge on any atom is -0.744 e. The molecule has 0 bridgehead atoms. The molecule has 4 N–H and O–H groups in total. The average molecular weight is 744 g/mol. The van der Waals surface area contributed by atoms with Gasteiger partial charge in [0.1, 0.15) is 41.7 Å². The van der Waals surface area contributed by atoms with Crippen LogP contribution in [0.2, 0.25) is 0 Å². The van der Waals surface area contributed by atoms with Gasteiger partial charge in [-0.15, -0.1) is 5.11 Å². The third kappa shape index (κ3) is 11.2. The molecule has 24 heteroatoms. The number of hydrogen-bond acceptors (Lipinski definition) is 18. The first-order valence-electron chi connectivity index (χ1n) is 11.8. The maximum atomic E-state index is 13.4. The van der Waals surface area contributed by atoms with Crippen molar-refractivity contribution in [3.05, 3.63) is 104 Å². The predicted octanol–water partition coefficient (Wildman–Crippen LogP) is -9.14. The molecule has 0 atom stereocenters. The number of azo groups is 1. The van der Waals surface area contributed by atoms with Gasteiger partial charge in [-0.25, -0.2) is 25.3 Å². The second kappa shape index (κ2) is 17.6. The SMILES string of the molecule is Nc1c(N=Nc2ccc(S(=O)(=O)[O-])cc2)/c(=N/Nc2ccc(S(=O)(=O)[O-])cc2)c(=O)/c(=N\Nc2ccc(S(=O)(=O)[O-])cc2)c1=O.[Na+].[Na+].[Na+]. The molecule has 4 rings (SSSR count). The van der Waals surface area contributed by atoms with Crippen molar-refractivity contribution in [1.29, 1.82) is 0 Å². The summed E-state index contributed by atoms with van der Waals surface area (Å²) in [7, 11) is -14.2. The first kappa shape index (κ1) is 43.8. The molecular weight excluding hydrogens is 727 g/mol. The van der Waals surface area contributed by atoms with Crippen LogP contribution < -0.4 is 127 Å². The van der Waals surface area contributed by atoms with E-state index < -0.39 is 78.0 Å². The van der Waals surface area contributed by atoms with Gasteiger partial charge in [0.2, 0.25) is 10.9 Å². The number of anilines is 3. The number of nitrogens with one attached hydrogen (secondary N) is 2. The van der Waals surface area contributed by atoms with Crippen molar-refractivity contribution in [3.63, 3.8) is 0 Å². The monoisotopic (exact) mass is 743 g/mol. The smallest absolute Gasteiger partial charge is 0.744 e. The second-order valence-electron chi connectivity index (χ2n) is 8.67. The van der Waals surface area contributed by atoms with E-state index in [1.165, 1.54) is 0 Å². The van der Waals surface area contributed by atoms with Gasteiger partial charge in [-0.2, -0.15) is 15.3 Å². The molecule has 234 valence electrons. The van der Waals surface area contributed by atoms with Crippen molar-refractivity contribution in [2.45, 2.75) is 14.7 Å². The summed E-state index contributed by atoms with van der Waals surface area (Å²) in [6, 6.07) is 12.5. The van der Waals surface area contributed by atoms with E-state index in [9.17, 15) is 48.5 Å². The van der Waals surface area contributed by atoms with Crippen molar-refractivity contribution in [2.24, 2.45) is 20.4 Å². The maximum Gasteiger partial charge on any atom is 1.00 e. The van der Waals surface area contributed by atoms with E-state index in [2.05, 4.69) is 31.3 Å². The molecule has 0 aliphatic heterocycles. The number of benzene rings is 4. The van der Waals surface area contributed by atoms with E-state index in [0.29, 0.717) is 0 Å². The van der Waals surface area contributed by atoms with Crippen LogP contribution in [0.3, 0.4) is 0 Å². The molecule has 18 nitrogen and oxygen atoms in total. The third-order valence-electron chi connectivity index (χ3n) is 5.64. The summed E-state index contributed by atoms with van der Waals surface area (Å²) in [6.45, 7) is 0. The first-order valence-corrected chi connectivity index (χ1v) is 16.0. The van der Waals surface area contributed by atoms with E-state index in [1.807, 2.05) is 0 Å². The van der Waals surface area contributed by atoms with Crippen molar-refractivity contribution in [2.75, 3.05) is 16.6 Å². The summed E-state index contributed by atoms with van der Waals surface area (Å²) in [5.74, 6) is 0. The fourth-order valence-corrected chi connectivity index (χ4v) is 4.82. The van der Waals surface area contributed by atoms with Crippen LogP contribution >= 0.6 is 0 Å². The largest absolute Gasteiger partial charge is 1.00 e. The van der Waals surface area contributed by atoms with E-state index >= 15 is 0 Å². The van der Waals surface area contributed by atoms with Crippen LogP contribution in [-0.4, -0.2) is 38.9 Å².